The Labute approximate surface area is 110 Å². The summed E-state index contributed by atoms with van der Waals surface area (Å²) >= 11 is 0. The van der Waals surface area contributed by atoms with Crippen molar-refractivity contribution in [1.82, 2.24) is 4.90 Å². The van der Waals surface area contributed by atoms with Gasteiger partial charge in [0.1, 0.15) is 0 Å². The van der Waals surface area contributed by atoms with Crippen molar-refractivity contribution in [3.05, 3.63) is 0 Å². The molecule has 0 aliphatic carbocycles. The van der Waals surface area contributed by atoms with Crippen molar-refractivity contribution in [3.8, 4) is 0 Å². The van der Waals surface area contributed by atoms with Gasteiger partial charge in [-0.15, -0.1) is 0 Å². The molecule has 1 fully saturated rings. The van der Waals surface area contributed by atoms with Gasteiger partial charge in [0, 0.05) is 13.0 Å². The van der Waals surface area contributed by atoms with Gasteiger partial charge in [0.2, 0.25) is 5.91 Å². The average Bonchev–Trinajstić information content (AvgIpc) is 2.25. The predicted octanol–water partition coefficient (Wildman–Crippen LogP) is 0.543. The number of nitrogens with zero attached hydrogens (tertiary/aromatic N) is 1. The molecule has 0 atom stereocenters. The molecule has 0 unspecified atom stereocenters. The van der Waals surface area contributed by atoms with E-state index in [-0.39, 0.29) is 17.9 Å². The second-order valence-corrected chi connectivity index (χ2v) is 7.28. The Morgan fingerprint density at radius 1 is 1.00 bits per heavy atom. The maximum atomic E-state index is 11.7. The van der Waals surface area contributed by atoms with Gasteiger partial charge in [-0.2, -0.15) is 0 Å². The molecule has 6 heteroatoms. The van der Waals surface area contributed by atoms with E-state index in [9.17, 15) is 13.2 Å². The molecule has 1 saturated heterocycles. The van der Waals surface area contributed by atoms with E-state index >= 15 is 0 Å². The zero-order chi connectivity index (χ0) is 13.4. The van der Waals surface area contributed by atoms with Crippen LogP contribution in [0.1, 0.15) is 38.5 Å². The molecule has 1 amide bonds. The van der Waals surface area contributed by atoms with E-state index in [1.165, 1.54) is 19.3 Å². The maximum Gasteiger partial charge on any atom is 0.218 e. The molecule has 0 spiro atoms. The van der Waals surface area contributed by atoms with Crippen LogP contribution in [0.25, 0.3) is 0 Å². The van der Waals surface area contributed by atoms with E-state index in [0.29, 0.717) is 6.54 Å². The first-order valence-electron chi connectivity index (χ1n) is 6.71. The largest absolute Gasteiger partial charge is 0.370 e. The van der Waals surface area contributed by atoms with Crippen LogP contribution < -0.4 is 5.73 Å². The van der Waals surface area contributed by atoms with Gasteiger partial charge in [-0.25, -0.2) is 8.42 Å². The van der Waals surface area contributed by atoms with E-state index in [4.69, 9.17) is 5.73 Å². The Balaban J connectivity index is 2.30. The Morgan fingerprint density at radius 2 is 1.56 bits per heavy atom. The highest BCUT2D eigenvalue weighted by atomic mass is 32.2. The number of amides is 1. The minimum Gasteiger partial charge on any atom is -0.370 e. The van der Waals surface area contributed by atoms with Gasteiger partial charge >= 0.3 is 0 Å². The lowest BCUT2D eigenvalue weighted by molar-refractivity contribution is -0.117. The molecule has 5 nitrogen and oxygen atoms in total. The number of sulfone groups is 1. The van der Waals surface area contributed by atoms with E-state index < -0.39 is 15.7 Å². The van der Waals surface area contributed by atoms with Crippen LogP contribution in [0.2, 0.25) is 0 Å². The van der Waals surface area contributed by atoms with Crippen molar-refractivity contribution in [3.63, 3.8) is 0 Å². The smallest absolute Gasteiger partial charge is 0.218 e. The van der Waals surface area contributed by atoms with Gasteiger partial charge in [-0.1, -0.05) is 19.3 Å². The molecule has 0 bridgehead atoms. The molecule has 1 rings (SSSR count). The van der Waals surface area contributed by atoms with Gasteiger partial charge < -0.3 is 10.6 Å². The number of hydrogen-bond donors (Lipinski definition) is 1. The highest BCUT2D eigenvalue weighted by molar-refractivity contribution is 7.91. The van der Waals surface area contributed by atoms with E-state index in [0.717, 1.165) is 25.9 Å². The van der Waals surface area contributed by atoms with Gasteiger partial charge in [0.15, 0.2) is 9.84 Å². The van der Waals surface area contributed by atoms with Crippen molar-refractivity contribution >= 4 is 15.7 Å². The number of likely N-dealkylation sites (tertiary alicyclic amines) is 1. The van der Waals surface area contributed by atoms with Gasteiger partial charge in [0.05, 0.1) is 11.5 Å². The van der Waals surface area contributed by atoms with Crippen LogP contribution in [0.3, 0.4) is 0 Å². The van der Waals surface area contributed by atoms with Gasteiger partial charge in [-0.3, -0.25) is 4.79 Å². The molecule has 0 aromatic heterocycles. The van der Waals surface area contributed by atoms with E-state index in [2.05, 4.69) is 4.90 Å². The molecule has 0 aromatic rings. The molecule has 106 valence electrons. The summed E-state index contributed by atoms with van der Waals surface area (Å²) in [6.45, 7) is 2.57. The number of nitrogens with two attached hydrogens (primary N) is 1. The third kappa shape index (κ3) is 6.96. The van der Waals surface area contributed by atoms with Crippen LogP contribution in [0.15, 0.2) is 0 Å². The molecular weight excluding hydrogens is 252 g/mol. The summed E-state index contributed by atoms with van der Waals surface area (Å²) in [6, 6.07) is 0. The summed E-state index contributed by atoms with van der Waals surface area (Å²) in [5.41, 5.74) is 4.96. The third-order valence-electron chi connectivity index (χ3n) is 3.33. The highest BCUT2D eigenvalue weighted by Gasteiger charge is 2.15. The fraction of sp³-hybridized carbons (Fsp3) is 0.917. The molecule has 18 heavy (non-hydrogen) atoms. The van der Waals surface area contributed by atoms with Crippen LogP contribution in [-0.2, 0) is 14.6 Å². The van der Waals surface area contributed by atoms with E-state index in [1.54, 1.807) is 0 Å². The van der Waals surface area contributed by atoms with Crippen LogP contribution >= 0.6 is 0 Å². The average molecular weight is 276 g/mol. The second-order valence-electron chi connectivity index (χ2n) is 4.98. The lowest BCUT2D eigenvalue weighted by Crippen LogP contribution is -2.33. The van der Waals surface area contributed by atoms with Crippen molar-refractivity contribution in [2.24, 2.45) is 5.73 Å². The molecule has 0 saturated carbocycles. The van der Waals surface area contributed by atoms with E-state index in [1.807, 2.05) is 0 Å². The Kier molecular flexibility index (Phi) is 6.63. The Hall–Kier alpha value is -0.620. The molecule has 0 radical (unpaired) electrons. The van der Waals surface area contributed by atoms with Crippen LogP contribution in [0.4, 0.5) is 0 Å². The number of rotatable bonds is 6. The monoisotopic (exact) mass is 276 g/mol. The van der Waals surface area contributed by atoms with Crippen molar-refractivity contribution in [2.75, 3.05) is 31.1 Å². The number of carbonyl (C=O) groups is 1. The fourth-order valence-corrected chi connectivity index (χ4v) is 3.42. The van der Waals surface area contributed by atoms with Gasteiger partial charge in [-0.05, 0) is 25.9 Å². The summed E-state index contributed by atoms with van der Waals surface area (Å²) in [4.78, 5) is 12.8. The Morgan fingerprint density at radius 3 is 2.11 bits per heavy atom. The predicted molar refractivity (Wildman–Crippen MR) is 72.0 cm³/mol. The summed E-state index contributed by atoms with van der Waals surface area (Å²) in [7, 11) is -3.14. The normalized spacial score (nSPS) is 19.1. The molecular formula is C12H24N2O3S. The zero-order valence-corrected chi connectivity index (χ0v) is 11.8. The van der Waals surface area contributed by atoms with Crippen molar-refractivity contribution in [1.29, 1.82) is 0 Å². The number of primary amides is 1. The van der Waals surface area contributed by atoms with Gasteiger partial charge in [0.25, 0.3) is 0 Å². The topological polar surface area (TPSA) is 80.5 Å². The van der Waals surface area contributed by atoms with Crippen LogP contribution in [0.5, 0.6) is 0 Å². The first-order valence-corrected chi connectivity index (χ1v) is 8.53. The second kappa shape index (κ2) is 7.74. The lowest BCUT2D eigenvalue weighted by Gasteiger charge is -2.24. The quantitative estimate of drug-likeness (QED) is 0.768. The maximum absolute atomic E-state index is 11.7. The lowest BCUT2D eigenvalue weighted by atomic mass is 10.1. The molecule has 2 N–H and O–H groups in total. The minimum atomic E-state index is -3.14. The minimum absolute atomic E-state index is 0.0671. The summed E-state index contributed by atoms with van der Waals surface area (Å²) in [6.07, 6.45) is 6.02. The fourth-order valence-electron chi connectivity index (χ4n) is 2.16. The summed E-state index contributed by atoms with van der Waals surface area (Å²) < 4.78 is 23.4. The molecule has 1 aliphatic heterocycles. The Bertz CT molecular complexity index is 346. The molecule has 1 aliphatic rings. The zero-order valence-electron chi connectivity index (χ0n) is 10.9. The molecule has 1 heterocycles. The summed E-state index contributed by atoms with van der Waals surface area (Å²) in [5, 5.41) is 0. The first kappa shape index (κ1) is 15.4. The van der Waals surface area contributed by atoms with Crippen molar-refractivity contribution < 1.29 is 13.2 Å². The van der Waals surface area contributed by atoms with Crippen LogP contribution in [-0.4, -0.2) is 50.4 Å². The SMILES string of the molecule is NC(=O)CCS(=O)(=O)CCN1CCCCCCC1. The number of hydrogen-bond acceptors (Lipinski definition) is 4. The molecule has 0 aromatic carbocycles. The third-order valence-corrected chi connectivity index (χ3v) is 4.96. The standard InChI is InChI=1S/C12H24N2O3S/c13-12(15)6-10-18(16,17)11-9-14-7-4-2-1-3-5-8-14/h1-11H2,(H2,13,15). The van der Waals surface area contributed by atoms with Crippen LogP contribution in [0, 0.1) is 0 Å². The van der Waals surface area contributed by atoms with Crippen molar-refractivity contribution in [2.45, 2.75) is 38.5 Å². The highest BCUT2D eigenvalue weighted by Crippen LogP contribution is 2.10. The summed E-state index contributed by atoms with van der Waals surface area (Å²) in [5.74, 6) is -0.527. The number of carbonyl (C=O) groups excluding carboxylic acids is 1. The first-order chi connectivity index (χ1) is 8.49.